The van der Waals surface area contributed by atoms with E-state index in [2.05, 4.69) is 15.3 Å². The fourth-order valence-corrected chi connectivity index (χ4v) is 5.45. The summed E-state index contributed by atoms with van der Waals surface area (Å²) in [7, 11) is -1.81. The Balaban J connectivity index is 1.74. The molecule has 1 saturated heterocycles. The normalized spacial score (nSPS) is 18.8. The van der Waals surface area contributed by atoms with Crippen molar-refractivity contribution in [3.8, 4) is 0 Å². The Hall–Kier alpha value is -1.78. The maximum Gasteiger partial charge on any atom is 0.262 e. The molecule has 0 saturated carbocycles. The largest absolute Gasteiger partial charge is 0.351 e. The molecule has 1 N–H and O–H groups in total. The monoisotopic (exact) mass is 397 g/mol. The molecule has 1 aliphatic rings. The maximum absolute atomic E-state index is 12.9. The van der Waals surface area contributed by atoms with Crippen molar-refractivity contribution in [2.24, 2.45) is 7.05 Å². The molecular weight excluding hydrogens is 374 g/mol. The molecule has 0 radical (unpaired) electrons. The zero-order chi connectivity index (χ0) is 18.9. The van der Waals surface area contributed by atoms with E-state index in [1.54, 1.807) is 24.7 Å². The van der Waals surface area contributed by atoms with Crippen molar-refractivity contribution in [2.45, 2.75) is 44.2 Å². The lowest BCUT2D eigenvalue weighted by Gasteiger charge is -2.30. The van der Waals surface area contributed by atoms with Gasteiger partial charge in [-0.25, -0.2) is 18.4 Å². The molecule has 0 aromatic carbocycles. The molecule has 2 aromatic heterocycles. The summed E-state index contributed by atoms with van der Waals surface area (Å²) < 4.78 is 29.0. The quantitative estimate of drug-likeness (QED) is 0.822. The van der Waals surface area contributed by atoms with Gasteiger partial charge in [0, 0.05) is 44.6 Å². The Morgan fingerprint density at radius 2 is 2.19 bits per heavy atom. The molecule has 3 heterocycles. The van der Waals surface area contributed by atoms with Crippen molar-refractivity contribution >= 4 is 27.3 Å². The van der Waals surface area contributed by atoms with Gasteiger partial charge in [0.15, 0.2) is 5.03 Å². The van der Waals surface area contributed by atoms with E-state index in [0.717, 1.165) is 23.5 Å². The van der Waals surface area contributed by atoms with Crippen LogP contribution in [0.4, 0.5) is 0 Å². The first-order valence-corrected chi connectivity index (χ1v) is 10.8. The number of amides is 1. The minimum Gasteiger partial charge on any atom is -0.351 e. The highest BCUT2D eigenvalue weighted by Gasteiger charge is 2.33. The third-order valence-electron chi connectivity index (χ3n) is 4.51. The van der Waals surface area contributed by atoms with E-state index < -0.39 is 10.0 Å². The van der Waals surface area contributed by atoms with Gasteiger partial charge in [-0.1, -0.05) is 0 Å². The minimum absolute atomic E-state index is 0.0689. The molecule has 2 aromatic rings. The fraction of sp³-hybridized carbons (Fsp3) is 0.562. The maximum atomic E-state index is 12.9. The summed E-state index contributed by atoms with van der Waals surface area (Å²) in [6, 6.07) is 0. The Labute approximate surface area is 157 Å². The first-order chi connectivity index (χ1) is 12.3. The summed E-state index contributed by atoms with van der Waals surface area (Å²) in [6.07, 6.45) is 3.25. The average Bonchev–Trinajstić information content (AvgIpc) is 3.21. The van der Waals surface area contributed by atoms with Gasteiger partial charge in [0.2, 0.25) is 5.91 Å². The van der Waals surface area contributed by atoms with Gasteiger partial charge in [-0.3, -0.25) is 4.79 Å². The molecule has 0 spiro atoms. The van der Waals surface area contributed by atoms with Crippen LogP contribution in [-0.4, -0.2) is 46.3 Å². The van der Waals surface area contributed by atoms with Crippen molar-refractivity contribution in [3.63, 3.8) is 0 Å². The van der Waals surface area contributed by atoms with Crippen LogP contribution in [-0.2, 0) is 28.4 Å². The second-order valence-corrected chi connectivity index (χ2v) is 9.30. The molecule has 1 aliphatic heterocycles. The number of aromatic nitrogens is 3. The molecule has 1 unspecified atom stereocenters. The summed E-state index contributed by atoms with van der Waals surface area (Å²) in [4.78, 5) is 19.8. The standard InChI is InChI=1S/C16H23N5O3S2/c1-11-18-15(9-20(11)3)26(23,24)21-6-4-5-13(8-21)16-19-14(10-25-16)7-17-12(2)22/h9-10,13H,4-8H2,1-3H3,(H,17,22). The molecule has 0 bridgehead atoms. The molecule has 1 amide bonds. The van der Waals surface area contributed by atoms with Crippen LogP contribution in [0.25, 0.3) is 0 Å². The average molecular weight is 398 g/mol. The topological polar surface area (TPSA) is 97.2 Å². The van der Waals surface area contributed by atoms with Crippen molar-refractivity contribution in [2.75, 3.05) is 13.1 Å². The van der Waals surface area contributed by atoms with Crippen LogP contribution in [0.15, 0.2) is 16.6 Å². The number of carbonyl (C=O) groups excluding carboxylic acids is 1. The van der Waals surface area contributed by atoms with Crippen LogP contribution in [0.5, 0.6) is 0 Å². The number of sulfonamides is 1. The van der Waals surface area contributed by atoms with Crippen molar-refractivity contribution in [1.29, 1.82) is 0 Å². The zero-order valence-electron chi connectivity index (χ0n) is 15.1. The van der Waals surface area contributed by atoms with Crippen LogP contribution in [0.1, 0.15) is 42.2 Å². The van der Waals surface area contributed by atoms with Gasteiger partial charge in [-0.05, 0) is 19.8 Å². The van der Waals surface area contributed by atoms with Gasteiger partial charge >= 0.3 is 0 Å². The highest BCUT2D eigenvalue weighted by Crippen LogP contribution is 2.31. The molecule has 26 heavy (non-hydrogen) atoms. The van der Waals surface area contributed by atoms with E-state index in [4.69, 9.17) is 0 Å². The number of carbonyl (C=O) groups is 1. The second-order valence-electron chi connectivity index (χ2n) is 6.53. The summed E-state index contributed by atoms with van der Waals surface area (Å²) in [6.45, 7) is 4.55. The second kappa shape index (κ2) is 7.45. The Morgan fingerprint density at radius 1 is 1.42 bits per heavy atom. The van der Waals surface area contributed by atoms with Crippen molar-refractivity contribution in [1.82, 2.24) is 24.2 Å². The number of imidazole rings is 1. The van der Waals surface area contributed by atoms with Gasteiger partial charge in [0.25, 0.3) is 10.0 Å². The number of rotatable bonds is 5. The van der Waals surface area contributed by atoms with Crippen LogP contribution in [0.3, 0.4) is 0 Å². The van der Waals surface area contributed by atoms with Crippen LogP contribution < -0.4 is 5.32 Å². The lowest BCUT2D eigenvalue weighted by atomic mass is 10.0. The minimum atomic E-state index is -3.60. The van der Waals surface area contributed by atoms with E-state index in [0.29, 0.717) is 25.5 Å². The zero-order valence-corrected chi connectivity index (χ0v) is 16.7. The number of piperidine rings is 1. The Kier molecular flexibility index (Phi) is 5.44. The predicted octanol–water partition coefficient (Wildman–Crippen LogP) is 1.39. The molecular formula is C16H23N5O3S2. The third kappa shape index (κ3) is 3.97. The first-order valence-electron chi connectivity index (χ1n) is 8.46. The molecule has 142 valence electrons. The highest BCUT2D eigenvalue weighted by atomic mass is 32.2. The van der Waals surface area contributed by atoms with E-state index in [1.165, 1.54) is 22.6 Å². The fourth-order valence-electron chi connectivity index (χ4n) is 2.95. The van der Waals surface area contributed by atoms with Crippen LogP contribution in [0.2, 0.25) is 0 Å². The Bertz CT molecular complexity index is 883. The first kappa shape index (κ1) is 19.0. The van der Waals surface area contributed by atoms with Crippen molar-refractivity contribution < 1.29 is 13.2 Å². The number of nitrogens with zero attached hydrogens (tertiary/aromatic N) is 4. The summed E-state index contributed by atoms with van der Waals surface area (Å²) in [5.41, 5.74) is 0.806. The molecule has 3 rings (SSSR count). The highest BCUT2D eigenvalue weighted by molar-refractivity contribution is 7.89. The van der Waals surface area contributed by atoms with E-state index in [9.17, 15) is 13.2 Å². The van der Waals surface area contributed by atoms with Gasteiger partial charge in [0.1, 0.15) is 5.82 Å². The van der Waals surface area contributed by atoms with Crippen molar-refractivity contribution in [3.05, 3.63) is 28.1 Å². The lowest BCUT2D eigenvalue weighted by Crippen LogP contribution is -2.39. The number of hydrogen-bond acceptors (Lipinski definition) is 6. The number of aryl methyl sites for hydroxylation is 2. The van der Waals surface area contributed by atoms with Crippen LogP contribution in [0, 0.1) is 6.92 Å². The molecule has 0 aliphatic carbocycles. The van der Waals surface area contributed by atoms with Crippen LogP contribution >= 0.6 is 11.3 Å². The molecule has 1 atom stereocenters. The predicted molar refractivity (Wildman–Crippen MR) is 98.3 cm³/mol. The number of thiazole rings is 1. The Morgan fingerprint density at radius 3 is 2.85 bits per heavy atom. The lowest BCUT2D eigenvalue weighted by molar-refractivity contribution is -0.119. The van der Waals surface area contributed by atoms with Gasteiger partial charge in [0.05, 0.1) is 17.2 Å². The van der Waals surface area contributed by atoms with Gasteiger partial charge in [-0.15, -0.1) is 11.3 Å². The SMILES string of the molecule is CC(=O)NCc1csc(C2CCCN(S(=O)(=O)c3cn(C)c(C)n3)C2)n1. The molecule has 1 fully saturated rings. The molecule has 10 heteroatoms. The summed E-state index contributed by atoms with van der Waals surface area (Å²) >= 11 is 1.52. The van der Waals surface area contributed by atoms with Gasteiger partial charge in [-0.2, -0.15) is 4.31 Å². The number of nitrogens with one attached hydrogen (secondary N) is 1. The summed E-state index contributed by atoms with van der Waals surface area (Å²) in [5, 5.41) is 5.67. The van der Waals surface area contributed by atoms with Gasteiger partial charge < -0.3 is 9.88 Å². The molecule has 8 nitrogen and oxygen atoms in total. The van der Waals surface area contributed by atoms with E-state index in [-0.39, 0.29) is 16.9 Å². The summed E-state index contributed by atoms with van der Waals surface area (Å²) in [5.74, 6) is 0.638. The smallest absolute Gasteiger partial charge is 0.262 e. The number of hydrogen-bond donors (Lipinski definition) is 1. The van der Waals surface area contributed by atoms with E-state index in [1.807, 2.05) is 5.38 Å². The third-order valence-corrected chi connectivity index (χ3v) is 7.30. The van der Waals surface area contributed by atoms with E-state index >= 15 is 0 Å².